The Bertz CT molecular complexity index is 831. The number of fused-ring (bicyclic) bond motifs is 1. The largest absolute Gasteiger partial charge is 0.351 e. The van der Waals surface area contributed by atoms with Crippen LogP contribution in [-0.4, -0.2) is 33.2 Å². The van der Waals surface area contributed by atoms with E-state index in [9.17, 15) is 10.1 Å². The second-order valence-electron chi connectivity index (χ2n) is 7.21. The van der Waals surface area contributed by atoms with Crippen molar-refractivity contribution in [1.29, 1.82) is 5.26 Å². The van der Waals surface area contributed by atoms with Crippen molar-refractivity contribution < 1.29 is 4.79 Å². The lowest BCUT2D eigenvalue weighted by Gasteiger charge is -2.33. The van der Waals surface area contributed by atoms with Crippen molar-refractivity contribution in [2.45, 2.75) is 50.9 Å². The highest BCUT2D eigenvalue weighted by Crippen LogP contribution is 2.24. The maximum absolute atomic E-state index is 12.9. The Balaban J connectivity index is 1.52. The first-order valence-electron chi connectivity index (χ1n) is 9.27. The van der Waals surface area contributed by atoms with Crippen LogP contribution in [0.5, 0.6) is 0 Å². The number of hydrogen-bond acceptors (Lipinski definition) is 4. The van der Waals surface area contributed by atoms with Gasteiger partial charge in [0.2, 0.25) is 5.91 Å². The normalized spacial score (nSPS) is 20.5. The van der Waals surface area contributed by atoms with Gasteiger partial charge in [-0.1, -0.05) is 31.0 Å². The van der Waals surface area contributed by atoms with Gasteiger partial charge in [-0.25, -0.2) is 0 Å². The monoisotopic (exact) mass is 349 g/mol. The summed E-state index contributed by atoms with van der Waals surface area (Å²) in [7, 11) is 0. The molecule has 26 heavy (non-hydrogen) atoms. The molecule has 1 aromatic heterocycles. The summed E-state index contributed by atoms with van der Waals surface area (Å²) in [4.78, 5) is 15.1. The zero-order valence-electron chi connectivity index (χ0n) is 14.8. The Morgan fingerprint density at radius 3 is 2.88 bits per heavy atom. The minimum Gasteiger partial charge on any atom is -0.351 e. The molecule has 1 amide bonds. The molecule has 1 N–H and O–H groups in total. The number of nitriles is 1. The Hall–Kier alpha value is -2.65. The van der Waals surface area contributed by atoms with Crippen LogP contribution in [0.4, 0.5) is 0 Å². The van der Waals surface area contributed by atoms with E-state index >= 15 is 0 Å². The van der Waals surface area contributed by atoms with Crippen molar-refractivity contribution in [2.24, 2.45) is 0 Å². The molecule has 0 spiro atoms. The van der Waals surface area contributed by atoms with Gasteiger partial charge in [0.15, 0.2) is 0 Å². The van der Waals surface area contributed by atoms with E-state index < -0.39 is 0 Å². The summed E-state index contributed by atoms with van der Waals surface area (Å²) in [6, 6.07) is 11.9. The molecule has 0 bridgehead atoms. The van der Waals surface area contributed by atoms with Crippen LogP contribution in [-0.2, 0) is 17.9 Å². The zero-order chi connectivity index (χ0) is 17.9. The Kier molecular flexibility index (Phi) is 4.72. The highest BCUT2D eigenvalue weighted by Gasteiger charge is 2.32. The molecule has 134 valence electrons. The number of carbonyl (C=O) groups excluding carboxylic acids is 1. The molecule has 1 aliphatic carbocycles. The number of rotatable bonds is 4. The molecule has 1 saturated carbocycles. The topological polar surface area (TPSA) is 74.0 Å². The average Bonchev–Trinajstić information content (AvgIpc) is 3.33. The summed E-state index contributed by atoms with van der Waals surface area (Å²) in [5.74, 6) is 0.0557. The van der Waals surface area contributed by atoms with Crippen LogP contribution in [0, 0.1) is 11.3 Å². The highest BCUT2D eigenvalue weighted by atomic mass is 16.2. The van der Waals surface area contributed by atoms with Crippen LogP contribution >= 0.6 is 0 Å². The van der Waals surface area contributed by atoms with Crippen molar-refractivity contribution in [1.82, 2.24) is 20.0 Å². The van der Waals surface area contributed by atoms with Crippen LogP contribution in [0.3, 0.4) is 0 Å². The van der Waals surface area contributed by atoms with E-state index in [2.05, 4.69) is 21.4 Å². The Morgan fingerprint density at radius 1 is 1.27 bits per heavy atom. The number of aromatic nitrogens is 2. The van der Waals surface area contributed by atoms with Crippen molar-refractivity contribution in [3.8, 4) is 6.07 Å². The molecule has 2 aliphatic rings. The number of nitrogens with zero attached hydrogens (tertiary/aromatic N) is 4. The van der Waals surface area contributed by atoms with Gasteiger partial charge in [0.1, 0.15) is 6.04 Å². The fourth-order valence-electron chi connectivity index (χ4n) is 4.05. The van der Waals surface area contributed by atoms with E-state index in [1.165, 1.54) is 12.8 Å². The van der Waals surface area contributed by atoms with Gasteiger partial charge < -0.3 is 5.32 Å². The average molecular weight is 349 g/mol. The van der Waals surface area contributed by atoms with Crippen molar-refractivity contribution in [3.63, 3.8) is 0 Å². The van der Waals surface area contributed by atoms with Crippen molar-refractivity contribution in [3.05, 3.63) is 53.3 Å². The van der Waals surface area contributed by atoms with Gasteiger partial charge in [-0.15, -0.1) is 0 Å². The van der Waals surface area contributed by atoms with Gasteiger partial charge in [0, 0.05) is 31.9 Å². The summed E-state index contributed by atoms with van der Waals surface area (Å²) >= 11 is 0. The number of hydrogen-bond donors (Lipinski definition) is 1. The van der Waals surface area contributed by atoms with E-state index in [1.807, 2.05) is 35.0 Å². The standard InChI is InChI=1S/C20H23N5O/c21-11-15-5-1-2-6-16(15)12-24-13-18-9-10-22-25(18)19(14-24)20(26)23-17-7-3-4-8-17/h1-2,5-6,9-10,17,19H,3-4,7-8,12-14H2,(H,23,26). The minimum absolute atomic E-state index is 0.0557. The smallest absolute Gasteiger partial charge is 0.246 e. The summed E-state index contributed by atoms with van der Waals surface area (Å²) < 4.78 is 1.86. The van der Waals surface area contributed by atoms with Crippen molar-refractivity contribution in [2.75, 3.05) is 6.54 Å². The summed E-state index contributed by atoms with van der Waals surface area (Å²) in [6.45, 7) is 1.99. The lowest BCUT2D eigenvalue weighted by Crippen LogP contribution is -2.46. The molecule has 6 nitrogen and oxygen atoms in total. The lowest BCUT2D eigenvalue weighted by molar-refractivity contribution is -0.126. The highest BCUT2D eigenvalue weighted by molar-refractivity contribution is 5.81. The van der Waals surface area contributed by atoms with Crippen LogP contribution in [0.1, 0.15) is 48.5 Å². The molecule has 1 aliphatic heterocycles. The van der Waals surface area contributed by atoms with Gasteiger partial charge in [-0.2, -0.15) is 10.4 Å². The molecule has 0 saturated heterocycles. The zero-order valence-corrected chi connectivity index (χ0v) is 14.8. The summed E-state index contributed by atoms with van der Waals surface area (Å²) in [5.41, 5.74) is 2.73. The molecule has 1 unspecified atom stereocenters. The molecule has 1 fully saturated rings. The quantitative estimate of drug-likeness (QED) is 0.920. The molecular formula is C20H23N5O. The maximum atomic E-state index is 12.9. The minimum atomic E-state index is -0.316. The molecule has 0 radical (unpaired) electrons. The van der Waals surface area contributed by atoms with Gasteiger partial charge in [0.25, 0.3) is 0 Å². The first-order valence-corrected chi connectivity index (χ1v) is 9.27. The molecular weight excluding hydrogens is 326 g/mol. The molecule has 2 aromatic rings. The summed E-state index contributed by atoms with van der Waals surface area (Å²) in [5, 5.41) is 16.9. The van der Waals surface area contributed by atoms with Crippen LogP contribution in [0.25, 0.3) is 0 Å². The van der Waals surface area contributed by atoms with E-state index in [0.29, 0.717) is 24.7 Å². The molecule has 6 heteroatoms. The Labute approximate surface area is 153 Å². The SMILES string of the molecule is N#Cc1ccccc1CN1Cc2ccnn2C(C(=O)NC2CCCC2)C1. The predicted octanol–water partition coefficient (Wildman–Crippen LogP) is 2.37. The number of carbonyl (C=O) groups is 1. The third-order valence-corrected chi connectivity index (χ3v) is 5.40. The van der Waals surface area contributed by atoms with Gasteiger partial charge in [-0.05, 0) is 30.5 Å². The second-order valence-corrected chi connectivity index (χ2v) is 7.21. The fourth-order valence-corrected chi connectivity index (χ4v) is 4.05. The van der Waals surface area contributed by atoms with E-state index in [-0.39, 0.29) is 11.9 Å². The van der Waals surface area contributed by atoms with E-state index in [4.69, 9.17) is 0 Å². The maximum Gasteiger partial charge on any atom is 0.246 e. The third-order valence-electron chi connectivity index (χ3n) is 5.40. The number of benzene rings is 1. The number of amides is 1. The molecule has 1 atom stereocenters. The fraction of sp³-hybridized carbons (Fsp3) is 0.450. The molecule has 4 rings (SSSR count). The van der Waals surface area contributed by atoms with Gasteiger partial charge >= 0.3 is 0 Å². The number of nitrogens with one attached hydrogen (secondary N) is 1. The first kappa shape index (κ1) is 16.8. The second kappa shape index (κ2) is 7.30. The van der Waals surface area contributed by atoms with Gasteiger partial charge in [0.05, 0.1) is 17.3 Å². The Morgan fingerprint density at radius 2 is 2.08 bits per heavy atom. The first-order chi connectivity index (χ1) is 12.7. The van der Waals surface area contributed by atoms with E-state index in [1.54, 1.807) is 6.20 Å². The molecule has 2 heterocycles. The van der Waals surface area contributed by atoms with Crippen LogP contribution < -0.4 is 5.32 Å². The van der Waals surface area contributed by atoms with Crippen molar-refractivity contribution >= 4 is 5.91 Å². The lowest BCUT2D eigenvalue weighted by atomic mass is 10.1. The third kappa shape index (κ3) is 3.35. The molecule has 1 aromatic carbocycles. The van der Waals surface area contributed by atoms with Gasteiger partial charge in [-0.3, -0.25) is 14.4 Å². The van der Waals surface area contributed by atoms with Crippen LogP contribution in [0.2, 0.25) is 0 Å². The summed E-state index contributed by atoms with van der Waals surface area (Å²) in [6.07, 6.45) is 6.30. The van der Waals surface area contributed by atoms with Crippen LogP contribution in [0.15, 0.2) is 36.5 Å². The predicted molar refractivity (Wildman–Crippen MR) is 96.9 cm³/mol. The van der Waals surface area contributed by atoms with E-state index in [0.717, 1.165) is 30.6 Å².